The number of rotatable bonds is 4. The largest absolute Gasteiger partial charge is 0.313 e. The van der Waals surface area contributed by atoms with Crippen LogP contribution in [0.1, 0.15) is 22.5 Å². The van der Waals surface area contributed by atoms with Crippen LogP contribution in [0.4, 0.5) is 0 Å². The Balaban J connectivity index is 1.25. The lowest BCUT2D eigenvalue weighted by atomic mass is 9.84. The van der Waals surface area contributed by atoms with Crippen LogP contribution in [-0.4, -0.2) is 9.13 Å². The first kappa shape index (κ1) is 36.7. The minimum absolute atomic E-state index is 1.21. The molecule has 0 unspecified atom stereocenters. The molecular weight excluding hydrogens is 773 g/mol. The number of aryl methyl sites for hydroxylation is 2. The topological polar surface area (TPSA) is 9.86 Å². The minimum Gasteiger partial charge on any atom is -0.313 e. The van der Waals surface area contributed by atoms with E-state index in [0.717, 1.165) is 0 Å². The predicted molar refractivity (Wildman–Crippen MR) is 275 cm³/mol. The molecule has 2 heteroatoms. The minimum atomic E-state index is 1.21. The molecule has 0 saturated carbocycles. The molecule has 0 spiro atoms. The van der Waals surface area contributed by atoms with Crippen molar-refractivity contribution in [2.75, 3.05) is 0 Å². The summed E-state index contributed by atoms with van der Waals surface area (Å²) < 4.78 is 5.02. The number of aromatic nitrogens is 2. The first-order chi connectivity index (χ1) is 31.4. The molecule has 2 aromatic heterocycles. The lowest BCUT2D eigenvalue weighted by molar-refractivity contribution is 1.05. The number of fused-ring (bicyclic) bond motifs is 8. The van der Waals surface area contributed by atoms with E-state index in [1.807, 2.05) is 0 Å². The van der Waals surface area contributed by atoms with Gasteiger partial charge < -0.3 is 9.13 Å². The van der Waals surface area contributed by atoms with E-state index in [9.17, 15) is 0 Å². The fourth-order valence-electron chi connectivity index (χ4n) is 11.1. The highest BCUT2D eigenvalue weighted by atomic mass is 15.0. The van der Waals surface area contributed by atoms with Crippen LogP contribution in [0.3, 0.4) is 0 Å². The zero-order valence-corrected chi connectivity index (χ0v) is 36.4. The normalized spacial score (nSPS) is 12.1. The Morgan fingerprint density at radius 3 is 1.06 bits per heavy atom. The van der Waals surface area contributed by atoms with Crippen molar-refractivity contribution in [2.45, 2.75) is 27.7 Å². The molecule has 0 N–H and O–H groups in total. The van der Waals surface area contributed by atoms with Crippen LogP contribution in [-0.2, 0) is 0 Å². The quantitative estimate of drug-likeness (QED) is 0.157. The van der Waals surface area contributed by atoms with E-state index in [-0.39, 0.29) is 0 Å². The van der Waals surface area contributed by atoms with Gasteiger partial charge in [-0.25, -0.2) is 0 Å². The first-order valence-corrected chi connectivity index (χ1v) is 22.4. The summed E-state index contributed by atoms with van der Waals surface area (Å²) in [6, 6.07) is 72.7. The van der Waals surface area contributed by atoms with Crippen molar-refractivity contribution < 1.29 is 0 Å². The summed E-state index contributed by atoms with van der Waals surface area (Å²) in [7, 11) is 0. The third kappa shape index (κ3) is 5.26. The molecule has 0 aliphatic rings. The van der Waals surface area contributed by atoms with Gasteiger partial charge in [-0.05, 0) is 163 Å². The molecule has 0 aliphatic heterocycles. The lowest BCUT2D eigenvalue weighted by Gasteiger charge is -2.20. The molecule has 64 heavy (non-hydrogen) atoms. The Hall–Kier alpha value is -7.94. The fourth-order valence-corrected chi connectivity index (χ4v) is 11.1. The Morgan fingerprint density at radius 1 is 0.266 bits per heavy atom. The SMILES string of the molecule is Cc1c(C)n(-c2cccc3ccccc23)c2cc3c(-c4ccc5ccccc5c4)c4cc5c(C)c(C)n(-c6cccc7ccccc67)c5cc4c(-c4ccc5ccccc5c4)c3cc12. The second-order valence-corrected chi connectivity index (χ2v) is 17.8. The second-order valence-electron chi connectivity index (χ2n) is 17.8. The third-order valence-electron chi connectivity index (χ3n) is 14.5. The van der Waals surface area contributed by atoms with Crippen molar-refractivity contribution >= 4 is 86.4 Å². The van der Waals surface area contributed by atoms with E-state index in [1.165, 1.54) is 143 Å². The highest BCUT2D eigenvalue weighted by Gasteiger charge is 2.24. The molecule has 13 rings (SSSR count). The van der Waals surface area contributed by atoms with Gasteiger partial charge in [0.1, 0.15) is 0 Å². The molecular formula is C62H44N2. The molecule has 0 aliphatic carbocycles. The summed E-state index contributed by atoms with van der Waals surface area (Å²) in [5, 5.41) is 17.5. The molecule has 0 atom stereocenters. The average Bonchev–Trinajstić information content (AvgIpc) is 3.73. The van der Waals surface area contributed by atoms with Gasteiger partial charge in [0.25, 0.3) is 0 Å². The van der Waals surface area contributed by atoms with E-state index in [1.54, 1.807) is 0 Å². The highest BCUT2D eigenvalue weighted by molar-refractivity contribution is 6.26. The fraction of sp³-hybridized carbons (Fsp3) is 0.0645. The predicted octanol–water partition coefficient (Wildman–Crippen LogP) is 17.1. The Labute approximate surface area is 371 Å². The Morgan fingerprint density at radius 2 is 0.625 bits per heavy atom. The standard InChI is InChI=1S/C62H44N2/c1-37-39(3)63(57-25-13-21-43-17-9-11-23-49(43)57)59-35-55-53(33-51(37)59)61(47-29-27-41-15-5-7-19-45(41)31-47)56-36-60-52(34-54(56)62(55)48-30-28-42-16-6-8-20-46(42)32-48)38(2)40(4)64(60)58-26-14-22-44-18-10-12-24-50(44)58/h5-36H,1-4H3. The van der Waals surface area contributed by atoms with Crippen LogP contribution in [0, 0.1) is 27.7 Å². The molecule has 13 aromatic rings. The van der Waals surface area contributed by atoms with E-state index in [0.29, 0.717) is 0 Å². The zero-order valence-electron chi connectivity index (χ0n) is 36.4. The summed E-state index contributed by atoms with van der Waals surface area (Å²) in [4.78, 5) is 0. The maximum atomic E-state index is 2.52. The van der Waals surface area contributed by atoms with E-state index >= 15 is 0 Å². The second kappa shape index (κ2) is 13.8. The molecule has 0 fully saturated rings. The Bertz CT molecular complexity index is 3840. The molecule has 0 amide bonds. The van der Waals surface area contributed by atoms with Crippen molar-refractivity contribution in [2.24, 2.45) is 0 Å². The Kier molecular flexibility index (Phi) is 7.90. The van der Waals surface area contributed by atoms with Gasteiger partial charge >= 0.3 is 0 Å². The van der Waals surface area contributed by atoms with E-state index in [2.05, 4.69) is 231 Å². The number of hydrogen-bond donors (Lipinski definition) is 0. The summed E-state index contributed by atoms with van der Waals surface area (Å²) in [6.45, 7) is 9.18. The van der Waals surface area contributed by atoms with Crippen LogP contribution >= 0.6 is 0 Å². The van der Waals surface area contributed by atoms with Gasteiger partial charge in [-0.1, -0.05) is 146 Å². The smallest absolute Gasteiger partial charge is 0.0540 e. The van der Waals surface area contributed by atoms with Gasteiger partial charge in [0.05, 0.1) is 22.4 Å². The zero-order chi connectivity index (χ0) is 42.8. The van der Waals surface area contributed by atoms with Crippen LogP contribution in [0.15, 0.2) is 194 Å². The summed E-state index contributed by atoms with van der Waals surface area (Å²) in [6.07, 6.45) is 0. The lowest BCUT2D eigenvalue weighted by Crippen LogP contribution is -1.99. The van der Waals surface area contributed by atoms with Gasteiger partial charge in [-0.15, -0.1) is 0 Å². The monoisotopic (exact) mass is 816 g/mol. The average molecular weight is 817 g/mol. The van der Waals surface area contributed by atoms with Gasteiger partial charge in [0.15, 0.2) is 0 Å². The van der Waals surface area contributed by atoms with Crippen molar-refractivity contribution in [1.29, 1.82) is 0 Å². The molecule has 0 bridgehead atoms. The first-order valence-electron chi connectivity index (χ1n) is 22.4. The summed E-state index contributed by atoms with van der Waals surface area (Å²) >= 11 is 0. The van der Waals surface area contributed by atoms with Gasteiger partial charge in [-0.2, -0.15) is 0 Å². The summed E-state index contributed by atoms with van der Waals surface area (Å²) in [5.74, 6) is 0. The maximum absolute atomic E-state index is 2.52. The molecule has 2 nitrogen and oxygen atoms in total. The van der Waals surface area contributed by atoms with Crippen molar-refractivity contribution in [3.8, 4) is 33.6 Å². The van der Waals surface area contributed by atoms with Crippen molar-refractivity contribution in [1.82, 2.24) is 9.13 Å². The molecule has 0 radical (unpaired) electrons. The third-order valence-corrected chi connectivity index (χ3v) is 14.5. The van der Waals surface area contributed by atoms with E-state index in [4.69, 9.17) is 0 Å². The number of nitrogens with zero attached hydrogens (tertiary/aromatic N) is 2. The highest BCUT2D eigenvalue weighted by Crippen LogP contribution is 2.49. The van der Waals surface area contributed by atoms with Crippen molar-refractivity contribution in [3.63, 3.8) is 0 Å². The van der Waals surface area contributed by atoms with Crippen LogP contribution in [0.2, 0.25) is 0 Å². The molecule has 2 heterocycles. The van der Waals surface area contributed by atoms with Gasteiger partial charge in [0, 0.05) is 32.9 Å². The van der Waals surface area contributed by atoms with E-state index < -0.39 is 0 Å². The van der Waals surface area contributed by atoms with Crippen LogP contribution in [0.5, 0.6) is 0 Å². The van der Waals surface area contributed by atoms with Gasteiger partial charge in [0.2, 0.25) is 0 Å². The van der Waals surface area contributed by atoms with Crippen LogP contribution in [0.25, 0.3) is 120 Å². The molecule has 302 valence electrons. The molecule has 0 saturated heterocycles. The van der Waals surface area contributed by atoms with Crippen LogP contribution < -0.4 is 0 Å². The summed E-state index contributed by atoms with van der Waals surface area (Å²) in [5.41, 5.74) is 14.9. The number of benzene rings is 11. The maximum Gasteiger partial charge on any atom is 0.0540 e. The number of hydrogen-bond acceptors (Lipinski definition) is 0. The van der Waals surface area contributed by atoms with Crippen molar-refractivity contribution in [3.05, 3.63) is 217 Å². The molecule has 11 aromatic carbocycles. The van der Waals surface area contributed by atoms with Gasteiger partial charge in [-0.3, -0.25) is 0 Å².